The molecular formula is C39H22N8O11S3. The zero-order chi connectivity index (χ0) is 42.7. The minimum Gasteiger partial charge on any atom is -0.481 e. The van der Waals surface area contributed by atoms with Gasteiger partial charge in [-0.2, -0.15) is 25.3 Å². The Morgan fingerprint density at radius 1 is 0.410 bits per heavy atom. The van der Waals surface area contributed by atoms with Gasteiger partial charge in [0.15, 0.2) is 35.0 Å². The van der Waals surface area contributed by atoms with E-state index in [0.29, 0.717) is 26.8 Å². The number of aromatic amines is 1. The average molecular weight is 875 g/mol. The number of nitrogens with one attached hydrogen (secondary N) is 1. The average Bonchev–Trinajstić information content (AvgIpc) is 3.94. The van der Waals surface area contributed by atoms with Crippen molar-refractivity contribution in [3.63, 3.8) is 0 Å². The van der Waals surface area contributed by atoms with Crippen molar-refractivity contribution in [2.75, 3.05) is 0 Å². The molecule has 22 heteroatoms. The van der Waals surface area contributed by atoms with Crippen LogP contribution in [0.2, 0.25) is 0 Å². The van der Waals surface area contributed by atoms with Crippen molar-refractivity contribution in [1.29, 1.82) is 0 Å². The summed E-state index contributed by atoms with van der Waals surface area (Å²) < 4.78 is 104. The molecule has 4 aliphatic heterocycles. The van der Waals surface area contributed by atoms with E-state index in [1.807, 2.05) is 0 Å². The van der Waals surface area contributed by atoms with Crippen LogP contribution in [0.3, 0.4) is 0 Å². The Hall–Kier alpha value is -7.34. The second-order valence-electron chi connectivity index (χ2n) is 13.8. The summed E-state index contributed by atoms with van der Waals surface area (Å²) in [6.45, 7) is 0. The van der Waals surface area contributed by atoms with Gasteiger partial charge in [0, 0.05) is 44.2 Å². The first kappa shape index (κ1) is 37.9. The van der Waals surface area contributed by atoms with Crippen LogP contribution in [0.4, 0.5) is 5.82 Å². The van der Waals surface area contributed by atoms with Crippen LogP contribution in [0, 0.1) is 10.4 Å². The Balaban J connectivity index is 1.32. The van der Waals surface area contributed by atoms with E-state index in [1.165, 1.54) is 36.4 Å². The third-order valence-electron chi connectivity index (χ3n) is 10.0. The van der Waals surface area contributed by atoms with Crippen LogP contribution in [0.15, 0.2) is 147 Å². The van der Waals surface area contributed by atoms with E-state index < -0.39 is 51.0 Å². The molecule has 5 aromatic carbocycles. The predicted octanol–water partition coefficient (Wildman–Crippen LogP) is 3.26. The van der Waals surface area contributed by atoms with Crippen molar-refractivity contribution in [2.24, 2.45) is 34.9 Å². The summed E-state index contributed by atoms with van der Waals surface area (Å²) in [5, 5.41) is 21.6. The lowest BCUT2D eigenvalue weighted by atomic mass is 10.1. The van der Waals surface area contributed by atoms with Crippen molar-refractivity contribution in [1.82, 2.24) is 4.98 Å². The zero-order valence-electron chi connectivity index (χ0n) is 30.3. The molecule has 0 fully saturated rings. The molecule has 302 valence electrons. The number of aliphatic hydroxyl groups excluding tert-OH is 1. The first-order valence-corrected chi connectivity index (χ1v) is 21.8. The minimum absolute atomic E-state index is 0.0348. The van der Waals surface area contributed by atoms with E-state index in [-0.39, 0.29) is 79.4 Å². The van der Waals surface area contributed by atoms with Gasteiger partial charge in [-0.3, -0.25) is 13.7 Å². The number of H-pyrrole nitrogens is 1. The fourth-order valence-electron chi connectivity index (χ4n) is 7.14. The summed E-state index contributed by atoms with van der Waals surface area (Å²) in [7, 11) is -14.2. The lowest BCUT2D eigenvalue weighted by molar-refractivity contribution is 0.298. The van der Waals surface area contributed by atoms with Crippen molar-refractivity contribution in [3.8, 4) is 0 Å². The number of aromatic nitrogens is 1. The third kappa shape index (κ3) is 6.46. The summed E-state index contributed by atoms with van der Waals surface area (Å²) in [6.07, 6.45) is 0. The van der Waals surface area contributed by atoms with Gasteiger partial charge in [0.1, 0.15) is 11.3 Å². The number of aliphatic imine (C=N–C) groups is 6. The molecule has 0 spiro atoms. The summed E-state index contributed by atoms with van der Waals surface area (Å²) in [5.74, 6) is -1.06. The fraction of sp³-hybridized carbons (Fsp3) is 0. The Kier molecular flexibility index (Phi) is 8.13. The number of fused-ring (bicyclic) bond motifs is 17. The highest BCUT2D eigenvalue weighted by Gasteiger charge is 2.31. The van der Waals surface area contributed by atoms with Gasteiger partial charge in [-0.05, 0) is 89.3 Å². The largest absolute Gasteiger partial charge is 0.481 e. The molecule has 8 bridgehead atoms. The van der Waals surface area contributed by atoms with Crippen molar-refractivity contribution < 1.29 is 49.1 Å². The molecular weight excluding hydrogens is 853 g/mol. The Bertz CT molecular complexity index is 3850. The molecule has 6 N–H and O–H groups in total. The molecule has 19 nitrogen and oxygen atoms in total. The molecule has 0 radical (unpaired) electrons. The molecule has 0 amide bonds. The zero-order valence-corrected chi connectivity index (χ0v) is 32.7. The number of rotatable bonds is 3. The van der Waals surface area contributed by atoms with Gasteiger partial charge in [0.25, 0.3) is 36.3 Å². The molecule has 4 aliphatic rings. The highest BCUT2D eigenvalue weighted by Crippen LogP contribution is 2.32. The first-order valence-electron chi connectivity index (χ1n) is 17.5. The fourth-order valence-corrected chi connectivity index (χ4v) is 8.66. The SMILES string of the molecule is O=S(=O)(O)c1ccc2c(c1)C1=NC3=NC(=Nc4[nH]c(c5cc(=c6ccc(=C(O)O)cc6)ccc45)=NC4=NC(=NC2=N1)c1cc(S(=O)(=O)O)ccc14)c1cc(S(=O)(=O)O)ccc13. The van der Waals surface area contributed by atoms with Crippen LogP contribution in [0.5, 0.6) is 0 Å². The molecule has 0 unspecified atom stereocenters. The normalized spacial score (nSPS) is 15.4. The lowest BCUT2D eigenvalue weighted by Gasteiger charge is -2.05. The number of hydrogen-bond donors (Lipinski definition) is 6. The van der Waals surface area contributed by atoms with Crippen molar-refractivity contribution in [2.45, 2.75) is 14.7 Å². The van der Waals surface area contributed by atoms with E-state index in [4.69, 9.17) is 9.98 Å². The molecule has 0 saturated carbocycles. The van der Waals surface area contributed by atoms with Crippen LogP contribution in [0.1, 0.15) is 33.4 Å². The Morgan fingerprint density at radius 2 is 0.803 bits per heavy atom. The monoisotopic (exact) mass is 874 g/mol. The summed E-state index contributed by atoms with van der Waals surface area (Å²) in [6, 6.07) is 22.6. The summed E-state index contributed by atoms with van der Waals surface area (Å²) in [4.78, 5) is 34.6. The number of hydrogen-bond acceptors (Lipinski definition) is 15. The predicted molar refractivity (Wildman–Crippen MR) is 220 cm³/mol. The molecule has 5 heterocycles. The topological polar surface area (TPSA) is 306 Å². The third-order valence-corrected chi connectivity index (χ3v) is 12.6. The second kappa shape index (κ2) is 13.1. The maximum Gasteiger partial charge on any atom is 0.294 e. The van der Waals surface area contributed by atoms with Gasteiger partial charge in [-0.1, -0.05) is 18.2 Å². The molecule has 0 saturated heterocycles. The van der Waals surface area contributed by atoms with Crippen LogP contribution in [-0.4, -0.2) is 89.1 Å². The number of nitrogens with zero attached hydrogens (tertiary/aromatic N) is 7. The number of amidine groups is 6. The number of aliphatic hydroxyl groups is 2. The van der Waals surface area contributed by atoms with E-state index in [0.717, 1.165) is 30.3 Å². The molecule has 0 atom stereocenters. The highest BCUT2D eigenvalue weighted by molar-refractivity contribution is 7.86. The number of benzene rings is 5. The van der Waals surface area contributed by atoms with Crippen LogP contribution in [-0.2, 0) is 30.4 Å². The maximum absolute atomic E-state index is 12.3. The molecule has 61 heavy (non-hydrogen) atoms. The molecule has 0 aliphatic carbocycles. The van der Waals surface area contributed by atoms with Gasteiger partial charge in [0.05, 0.1) is 19.9 Å². The quantitative estimate of drug-likeness (QED) is 0.140. The van der Waals surface area contributed by atoms with E-state index in [9.17, 15) is 49.1 Å². The molecule has 10 rings (SSSR count). The van der Waals surface area contributed by atoms with Gasteiger partial charge in [-0.15, -0.1) is 0 Å². The summed E-state index contributed by atoms with van der Waals surface area (Å²) >= 11 is 0. The van der Waals surface area contributed by atoms with E-state index >= 15 is 0 Å². The van der Waals surface area contributed by atoms with Crippen molar-refractivity contribution >= 4 is 87.9 Å². The maximum atomic E-state index is 12.3. The molecule has 6 aromatic rings. The standard InChI is InChI=1S/C39H22N8O11S3/c48-39(49)18-3-1-17(2-4-18)19-5-9-23-27(13-19)35-40-31(23)42-36-29-15-21(60(53,54)55)7-11-25(29)33(44-36)46-38-30-16-22(61(56,57)58)8-12-26(30)34(47-38)45-37-28-14-20(59(50,51)52)6-10-24(28)32(41-35)43-37/h1-16,48-49H,(H,50,51,52)(H,53,54,55)(H,56,57,58)(H,40,41,42,43,44,45,46,47). The van der Waals surface area contributed by atoms with Gasteiger partial charge in [-0.25, -0.2) is 34.9 Å². The second-order valence-corrected chi connectivity index (χ2v) is 18.0. The molecule has 1 aromatic heterocycles. The Morgan fingerprint density at radius 3 is 1.23 bits per heavy atom. The van der Waals surface area contributed by atoms with Crippen LogP contribution >= 0.6 is 0 Å². The summed E-state index contributed by atoms with van der Waals surface area (Å²) in [5.41, 5.74) is 1.32. The Labute approximate surface area is 341 Å². The van der Waals surface area contributed by atoms with Gasteiger partial charge >= 0.3 is 0 Å². The lowest BCUT2D eigenvalue weighted by Crippen LogP contribution is -2.08. The van der Waals surface area contributed by atoms with Crippen molar-refractivity contribution in [3.05, 3.63) is 152 Å². The highest BCUT2D eigenvalue weighted by atomic mass is 32.2. The van der Waals surface area contributed by atoms with Crippen LogP contribution < -0.4 is 10.7 Å². The van der Waals surface area contributed by atoms with Gasteiger partial charge < -0.3 is 15.2 Å². The van der Waals surface area contributed by atoms with E-state index in [1.54, 1.807) is 30.3 Å². The first-order chi connectivity index (χ1) is 28.9. The minimum atomic E-state index is -4.73. The van der Waals surface area contributed by atoms with Gasteiger partial charge in [0.2, 0.25) is 0 Å². The smallest absolute Gasteiger partial charge is 0.294 e. The van der Waals surface area contributed by atoms with E-state index in [2.05, 4.69) is 29.9 Å². The van der Waals surface area contributed by atoms with Crippen LogP contribution in [0.25, 0.3) is 16.7 Å².